The van der Waals surface area contributed by atoms with Crippen LogP contribution < -0.4 is 14.9 Å². The normalized spacial score (nSPS) is 13.5. The van der Waals surface area contributed by atoms with Crippen LogP contribution in [0.2, 0.25) is 5.02 Å². The Bertz CT molecular complexity index is 809. The maximum Gasteiger partial charge on any atom is 0.250 e. The number of hydrogen-bond acceptors (Lipinski definition) is 5. The molecule has 1 aliphatic rings. The standard InChI is InChI=1S/C19H19ClN2O3S/c1-13-3-5-15(6-4-13)26-12-18(23)22-21-11-14-9-16(20)19-17(10-14)24-7-2-8-25-19/h3-6,9-11H,2,7-8,12H2,1H3,(H,22,23)/b21-11-. The van der Waals surface area contributed by atoms with Crippen LogP contribution in [0.3, 0.4) is 0 Å². The lowest BCUT2D eigenvalue weighted by atomic mass is 10.2. The molecule has 3 rings (SSSR count). The predicted molar refractivity (Wildman–Crippen MR) is 105 cm³/mol. The van der Waals surface area contributed by atoms with Gasteiger partial charge in [0.25, 0.3) is 0 Å². The first kappa shape index (κ1) is 18.6. The lowest BCUT2D eigenvalue weighted by molar-refractivity contribution is -0.118. The Labute approximate surface area is 161 Å². The van der Waals surface area contributed by atoms with Gasteiger partial charge >= 0.3 is 0 Å². The maximum absolute atomic E-state index is 11.9. The topological polar surface area (TPSA) is 59.9 Å². The van der Waals surface area contributed by atoms with Gasteiger partial charge in [-0.3, -0.25) is 4.79 Å². The lowest BCUT2D eigenvalue weighted by Crippen LogP contribution is -2.19. The minimum Gasteiger partial charge on any atom is -0.489 e. The zero-order valence-corrected chi connectivity index (χ0v) is 15.9. The number of ether oxygens (including phenoxy) is 2. The monoisotopic (exact) mass is 390 g/mol. The molecule has 0 saturated carbocycles. The van der Waals surface area contributed by atoms with Crippen molar-refractivity contribution in [2.24, 2.45) is 5.10 Å². The summed E-state index contributed by atoms with van der Waals surface area (Å²) in [6, 6.07) is 11.6. The fraction of sp³-hybridized carbons (Fsp3) is 0.263. The largest absolute Gasteiger partial charge is 0.489 e. The third-order valence-corrected chi connectivity index (χ3v) is 4.91. The van der Waals surface area contributed by atoms with E-state index in [0.29, 0.717) is 35.5 Å². The highest BCUT2D eigenvalue weighted by Crippen LogP contribution is 2.37. The second-order valence-electron chi connectivity index (χ2n) is 5.78. The summed E-state index contributed by atoms with van der Waals surface area (Å²) in [5, 5.41) is 4.45. The van der Waals surface area contributed by atoms with Crippen molar-refractivity contribution in [3.63, 3.8) is 0 Å². The summed E-state index contributed by atoms with van der Waals surface area (Å²) < 4.78 is 11.2. The molecule has 1 amide bonds. The number of hydrogen-bond donors (Lipinski definition) is 1. The number of aryl methyl sites for hydroxylation is 1. The van der Waals surface area contributed by atoms with Crippen LogP contribution in [-0.4, -0.2) is 31.1 Å². The molecule has 0 saturated heterocycles. The van der Waals surface area contributed by atoms with Gasteiger partial charge in [0.15, 0.2) is 11.5 Å². The molecule has 0 bridgehead atoms. The highest BCUT2D eigenvalue weighted by molar-refractivity contribution is 8.00. The van der Waals surface area contributed by atoms with Crippen molar-refractivity contribution in [1.29, 1.82) is 0 Å². The smallest absolute Gasteiger partial charge is 0.250 e. The number of nitrogens with one attached hydrogen (secondary N) is 1. The average Bonchev–Trinajstić information content (AvgIpc) is 2.87. The van der Waals surface area contributed by atoms with Gasteiger partial charge in [-0.25, -0.2) is 5.43 Å². The van der Waals surface area contributed by atoms with E-state index in [-0.39, 0.29) is 5.91 Å². The second kappa shape index (κ2) is 8.96. The number of amides is 1. The summed E-state index contributed by atoms with van der Waals surface area (Å²) in [7, 11) is 0. The fourth-order valence-electron chi connectivity index (χ4n) is 2.32. The van der Waals surface area contributed by atoms with Gasteiger partial charge in [0.05, 0.1) is 30.2 Å². The van der Waals surface area contributed by atoms with E-state index in [1.54, 1.807) is 12.1 Å². The summed E-state index contributed by atoms with van der Waals surface area (Å²) in [6.45, 7) is 3.19. The van der Waals surface area contributed by atoms with Crippen LogP contribution in [0.15, 0.2) is 46.4 Å². The Balaban J connectivity index is 1.54. The Kier molecular flexibility index (Phi) is 6.41. The van der Waals surface area contributed by atoms with Crippen molar-refractivity contribution in [1.82, 2.24) is 5.43 Å². The summed E-state index contributed by atoms with van der Waals surface area (Å²) in [4.78, 5) is 12.9. The van der Waals surface area contributed by atoms with E-state index in [9.17, 15) is 4.79 Å². The van der Waals surface area contributed by atoms with Gasteiger partial charge in [0.2, 0.25) is 5.91 Å². The molecule has 0 aromatic heterocycles. The van der Waals surface area contributed by atoms with E-state index in [2.05, 4.69) is 10.5 Å². The van der Waals surface area contributed by atoms with Gasteiger partial charge in [0, 0.05) is 11.3 Å². The molecule has 136 valence electrons. The number of nitrogens with zero attached hydrogens (tertiary/aromatic N) is 1. The first-order valence-corrected chi connectivity index (χ1v) is 9.59. The number of carbonyl (C=O) groups excluding carboxylic acids is 1. The van der Waals surface area contributed by atoms with Gasteiger partial charge in [-0.1, -0.05) is 29.3 Å². The molecule has 1 heterocycles. The van der Waals surface area contributed by atoms with Crippen LogP contribution in [0.4, 0.5) is 0 Å². The number of rotatable bonds is 5. The molecule has 0 aliphatic carbocycles. The number of carbonyl (C=O) groups is 1. The number of hydrazone groups is 1. The molecule has 7 heteroatoms. The molecule has 1 N–H and O–H groups in total. The highest BCUT2D eigenvalue weighted by Gasteiger charge is 2.15. The molecule has 0 atom stereocenters. The van der Waals surface area contributed by atoms with Crippen LogP contribution in [0.25, 0.3) is 0 Å². The van der Waals surface area contributed by atoms with Crippen LogP contribution in [0, 0.1) is 6.92 Å². The molecule has 5 nitrogen and oxygen atoms in total. The van der Waals surface area contributed by atoms with Crippen LogP contribution in [0.1, 0.15) is 17.5 Å². The minimum atomic E-state index is -0.174. The number of benzene rings is 2. The zero-order valence-electron chi connectivity index (χ0n) is 14.3. The number of fused-ring (bicyclic) bond motifs is 1. The molecule has 2 aromatic rings. The molecule has 0 spiro atoms. The fourth-order valence-corrected chi connectivity index (χ4v) is 3.28. The molecule has 0 unspecified atom stereocenters. The van der Waals surface area contributed by atoms with Crippen LogP contribution >= 0.6 is 23.4 Å². The molecule has 0 radical (unpaired) electrons. The van der Waals surface area contributed by atoms with E-state index in [4.69, 9.17) is 21.1 Å². The van der Waals surface area contributed by atoms with E-state index >= 15 is 0 Å². The molecule has 0 fully saturated rings. The number of thioether (sulfide) groups is 1. The van der Waals surface area contributed by atoms with Gasteiger partial charge in [0.1, 0.15) is 0 Å². The lowest BCUT2D eigenvalue weighted by Gasteiger charge is -2.09. The van der Waals surface area contributed by atoms with E-state index in [1.807, 2.05) is 31.2 Å². The summed E-state index contributed by atoms with van der Waals surface area (Å²) in [5.74, 6) is 1.27. The third kappa shape index (κ3) is 5.16. The van der Waals surface area contributed by atoms with Crippen LogP contribution in [-0.2, 0) is 4.79 Å². The Morgan fingerprint density at radius 3 is 2.85 bits per heavy atom. The number of halogens is 1. The molecular formula is C19H19ClN2O3S. The van der Waals surface area contributed by atoms with E-state index in [0.717, 1.165) is 16.9 Å². The first-order valence-electron chi connectivity index (χ1n) is 8.22. The first-order chi connectivity index (χ1) is 12.6. The van der Waals surface area contributed by atoms with Crippen molar-refractivity contribution < 1.29 is 14.3 Å². The van der Waals surface area contributed by atoms with Gasteiger partial charge in [-0.15, -0.1) is 11.8 Å². The molecule has 26 heavy (non-hydrogen) atoms. The highest BCUT2D eigenvalue weighted by atomic mass is 35.5. The third-order valence-electron chi connectivity index (χ3n) is 3.62. The van der Waals surface area contributed by atoms with Crippen molar-refractivity contribution in [2.45, 2.75) is 18.2 Å². The predicted octanol–water partition coefficient (Wildman–Crippen LogP) is 4.05. The summed E-state index contributed by atoms with van der Waals surface area (Å²) in [5.41, 5.74) is 4.44. The second-order valence-corrected chi connectivity index (χ2v) is 7.23. The van der Waals surface area contributed by atoms with Gasteiger partial charge in [-0.05, 0) is 36.8 Å². The van der Waals surface area contributed by atoms with Crippen molar-refractivity contribution >= 4 is 35.5 Å². The van der Waals surface area contributed by atoms with E-state index in [1.165, 1.54) is 23.5 Å². The van der Waals surface area contributed by atoms with Crippen molar-refractivity contribution in [3.05, 3.63) is 52.5 Å². The van der Waals surface area contributed by atoms with Crippen molar-refractivity contribution in [3.8, 4) is 11.5 Å². The average molecular weight is 391 g/mol. The van der Waals surface area contributed by atoms with Gasteiger partial charge < -0.3 is 9.47 Å². The van der Waals surface area contributed by atoms with E-state index < -0.39 is 0 Å². The molecule has 2 aromatic carbocycles. The Hall–Kier alpha value is -2.18. The summed E-state index contributed by atoms with van der Waals surface area (Å²) in [6.07, 6.45) is 2.35. The quantitative estimate of drug-likeness (QED) is 0.475. The molecular weight excluding hydrogens is 372 g/mol. The van der Waals surface area contributed by atoms with Gasteiger partial charge in [-0.2, -0.15) is 5.10 Å². The van der Waals surface area contributed by atoms with Crippen molar-refractivity contribution in [2.75, 3.05) is 19.0 Å². The minimum absolute atomic E-state index is 0.174. The summed E-state index contributed by atoms with van der Waals surface area (Å²) >= 11 is 7.70. The zero-order chi connectivity index (χ0) is 18.4. The van der Waals surface area contributed by atoms with Crippen LogP contribution in [0.5, 0.6) is 11.5 Å². The Morgan fingerprint density at radius 2 is 2.04 bits per heavy atom. The maximum atomic E-state index is 11.9. The molecule has 1 aliphatic heterocycles. The Morgan fingerprint density at radius 1 is 1.27 bits per heavy atom. The SMILES string of the molecule is Cc1ccc(SCC(=O)N/N=C\c2cc(Cl)c3c(c2)OCCCO3)cc1.